The third kappa shape index (κ3) is 20.2. The molecule has 0 heterocycles. The van der Waals surface area contributed by atoms with E-state index < -0.39 is 0 Å². The normalized spacial score (nSPS) is 11.0. The Morgan fingerprint density at radius 1 is 0.484 bits per heavy atom. The molecule has 0 radical (unpaired) electrons. The van der Waals surface area contributed by atoms with Crippen LogP contribution in [0.25, 0.3) is 0 Å². The lowest BCUT2D eigenvalue weighted by Crippen LogP contribution is -2.14. The van der Waals surface area contributed by atoms with Crippen molar-refractivity contribution in [3.63, 3.8) is 0 Å². The van der Waals surface area contributed by atoms with Crippen molar-refractivity contribution in [1.82, 2.24) is 0 Å². The zero-order chi connectivity index (χ0) is 22.1. The van der Waals surface area contributed by atoms with Crippen LogP contribution in [0, 0.1) is 0 Å². The van der Waals surface area contributed by atoms with Crippen LogP contribution in [-0.4, -0.2) is 92.5 Å². The van der Waals surface area contributed by atoms with Crippen LogP contribution in [0.5, 0.6) is 0 Å². The lowest BCUT2D eigenvalue weighted by atomic mass is 10.2. The van der Waals surface area contributed by atoms with Gasteiger partial charge in [-0.3, -0.25) is 0 Å². The maximum Gasteiger partial charge on any atom is 0.111 e. The lowest BCUT2D eigenvalue weighted by Gasteiger charge is -2.08. The molecule has 0 unspecified atom stereocenters. The summed E-state index contributed by atoms with van der Waals surface area (Å²) in [4.78, 5) is 0. The predicted octanol–water partition coefficient (Wildman–Crippen LogP) is 2.46. The van der Waals surface area contributed by atoms with Crippen molar-refractivity contribution in [2.75, 3.05) is 92.5 Å². The van der Waals surface area contributed by atoms with E-state index in [4.69, 9.17) is 37.9 Å². The fourth-order valence-corrected chi connectivity index (χ4v) is 2.27. The van der Waals surface area contributed by atoms with Crippen molar-refractivity contribution in [1.29, 1.82) is 0 Å². The van der Waals surface area contributed by atoms with Crippen LogP contribution >= 0.6 is 0 Å². The second-order valence-corrected chi connectivity index (χ2v) is 6.25. The largest absolute Gasteiger partial charge is 0.499 e. The SMILES string of the molecule is C=COCCOCCOCCOCCOCCOCCOCCOCc1ccccc1. The number of hydrogen-bond acceptors (Lipinski definition) is 8. The molecule has 0 amide bonds. The van der Waals surface area contributed by atoms with E-state index in [1.807, 2.05) is 30.3 Å². The summed E-state index contributed by atoms with van der Waals surface area (Å²) in [7, 11) is 0. The third-order valence-electron chi connectivity index (χ3n) is 3.81. The Morgan fingerprint density at radius 3 is 1.23 bits per heavy atom. The highest BCUT2D eigenvalue weighted by molar-refractivity contribution is 5.13. The Labute approximate surface area is 186 Å². The maximum atomic E-state index is 5.54. The molecule has 0 spiro atoms. The Bertz CT molecular complexity index is 486. The molecule has 0 saturated carbocycles. The molecule has 8 nitrogen and oxygen atoms in total. The first-order valence-corrected chi connectivity index (χ1v) is 10.7. The minimum Gasteiger partial charge on any atom is -0.499 e. The first kappa shape index (κ1) is 27.5. The van der Waals surface area contributed by atoms with E-state index in [1.165, 1.54) is 6.26 Å². The summed E-state index contributed by atoms with van der Waals surface area (Å²) in [5, 5.41) is 0. The van der Waals surface area contributed by atoms with Crippen LogP contribution in [0.2, 0.25) is 0 Å². The van der Waals surface area contributed by atoms with Gasteiger partial charge < -0.3 is 37.9 Å². The van der Waals surface area contributed by atoms with Crippen molar-refractivity contribution in [2.45, 2.75) is 6.61 Å². The molecule has 0 fully saturated rings. The van der Waals surface area contributed by atoms with Gasteiger partial charge in [0.2, 0.25) is 0 Å². The average Bonchev–Trinajstić information content (AvgIpc) is 2.80. The molecule has 0 aliphatic heterocycles. The Hall–Kier alpha value is -1.52. The van der Waals surface area contributed by atoms with E-state index in [2.05, 4.69) is 6.58 Å². The second-order valence-electron chi connectivity index (χ2n) is 6.25. The van der Waals surface area contributed by atoms with Gasteiger partial charge in [0.25, 0.3) is 0 Å². The average molecular weight is 443 g/mol. The first-order valence-electron chi connectivity index (χ1n) is 10.7. The molecule has 31 heavy (non-hydrogen) atoms. The van der Waals surface area contributed by atoms with Crippen LogP contribution in [-0.2, 0) is 44.5 Å². The third-order valence-corrected chi connectivity index (χ3v) is 3.81. The minimum absolute atomic E-state index is 0.510. The molecule has 0 aliphatic carbocycles. The van der Waals surface area contributed by atoms with Gasteiger partial charge in [0.15, 0.2) is 0 Å². The number of benzene rings is 1. The number of rotatable bonds is 24. The summed E-state index contributed by atoms with van der Waals surface area (Å²) in [6.07, 6.45) is 1.40. The minimum atomic E-state index is 0.510. The van der Waals surface area contributed by atoms with Gasteiger partial charge in [-0.2, -0.15) is 0 Å². The van der Waals surface area contributed by atoms with Gasteiger partial charge in [-0.25, -0.2) is 0 Å². The molecular weight excluding hydrogens is 404 g/mol. The van der Waals surface area contributed by atoms with Crippen molar-refractivity contribution in [3.05, 3.63) is 48.7 Å². The van der Waals surface area contributed by atoms with Gasteiger partial charge in [0.1, 0.15) is 6.61 Å². The molecule has 1 aromatic rings. The molecule has 0 bridgehead atoms. The van der Waals surface area contributed by atoms with Crippen LogP contribution < -0.4 is 0 Å². The number of hydrogen-bond donors (Lipinski definition) is 0. The van der Waals surface area contributed by atoms with Crippen LogP contribution in [0.4, 0.5) is 0 Å². The molecule has 0 N–H and O–H groups in total. The van der Waals surface area contributed by atoms with Gasteiger partial charge in [0.05, 0.1) is 98.8 Å². The topological polar surface area (TPSA) is 73.8 Å². The Morgan fingerprint density at radius 2 is 0.839 bits per heavy atom. The summed E-state index contributed by atoms with van der Waals surface area (Å²) in [6, 6.07) is 10.1. The molecule has 0 aromatic heterocycles. The van der Waals surface area contributed by atoms with Crippen LogP contribution in [0.3, 0.4) is 0 Å². The van der Waals surface area contributed by atoms with E-state index in [0.717, 1.165) is 5.56 Å². The molecule has 0 saturated heterocycles. The van der Waals surface area contributed by atoms with Crippen LogP contribution in [0.1, 0.15) is 5.56 Å². The summed E-state index contributed by atoms with van der Waals surface area (Å²) in [5.41, 5.74) is 1.16. The quantitative estimate of drug-likeness (QED) is 0.179. The lowest BCUT2D eigenvalue weighted by molar-refractivity contribution is -0.0222. The zero-order valence-electron chi connectivity index (χ0n) is 18.5. The standard InChI is InChI=1S/C23H38O8/c1-2-24-8-9-25-10-11-26-12-13-27-14-15-28-16-17-29-18-19-30-20-21-31-22-23-6-4-3-5-7-23/h2-7H,1,8-22H2. The molecule has 0 atom stereocenters. The molecule has 0 aliphatic rings. The summed E-state index contributed by atoms with van der Waals surface area (Å²) >= 11 is 0. The fourth-order valence-electron chi connectivity index (χ4n) is 2.27. The van der Waals surface area contributed by atoms with Gasteiger partial charge in [-0.1, -0.05) is 36.9 Å². The Kier molecular flexibility index (Phi) is 20.5. The summed E-state index contributed by atoms with van der Waals surface area (Å²) in [5.74, 6) is 0. The summed E-state index contributed by atoms with van der Waals surface area (Å²) < 4.78 is 42.9. The Balaban J connectivity index is 1.65. The molecule has 1 rings (SSSR count). The van der Waals surface area contributed by atoms with Crippen molar-refractivity contribution >= 4 is 0 Å². The molecular formula is C23H38O8. The van der Waals surface area contributed by atoms with Crippen LogP contribution in [0.15, 0.2) is 43.2 Å². The monoisotopic (exact) mass is 442 g/mol. The molecule has 8 heteroatoms. The van der Waals surface area contributed by atoms with Crippen molar-refractivity contribution < 1.29 is 37.9 Å². The van der Waals surface area contributed by atoms with E-state index in [-0.39, 0.29) is 0 Å². The van der Waals surface area contributed by atoms with Gasteiger partial charge in [-0.05, 0) is 5.56 Å². The zero-order valence-corrected chi connectivity index (χ0v) is 18.5. The van der Waals surface area contributed by atoms with Crippen molar-refractivity contribution in [2.24, 2.45) is 0 Å². The van der Waals surface area contributed by atoms with Gasteiger partial charge in [-0.15, -0.1) is 0 Å². The summed E-state index contributed by atoms with van der Waals surface area (Å²) in [6.45, 7) is 11.6. The highest BCUT2D eigenvalue weighted by Gasteiger charge is 1.95. The first-order chi connectivity index (χ1) is 15.4. The van der Waals surface area contributed by atoms with Gasteiger partial charge in [0, 0.05) is 0 Å². The smallest absolute Gasteiger partial charge is 0.111 e. The molecule has 178 valence electrons. The maximum absolute atomic E-state index is 5.54. The second kappa shape index (κ2) is 23.1. The number of ether oxygens (including phenoxy) is 8. The van der Waals surface area contributed by atoms with E-state index in [1.54, 1.807) is 0 Å². The van der Waals surface area contributed by atoms with Gasteiger partial charge >= 0.3 is 0 Å². The predicted molar refractivity (Wildman–Crippen MR) is 117 cm³/mol. The van der Waals surface area contributed by atoms with E-state index in [9.17, 15) is 0 Å². The van der Waals surface area contributed by atoms with E-state index in [0.29, 0.717) is 99.1 Å². The highest BCUT2D eigenvalue weighted by atomic mass is 16.6. The fraction of sp³-hybridized carbons (Fsp3) is 0.652. The van der Waals surface area contributed by atoms with Crippen molar-refractivity contribution in [3.8, 4) is 0 Å². The molecule has 1 aromatic carbocycles. The van der Waals surface area contributed by atoms with E-state index >= 15 is 0 Å². The highest BCUT2D eigenvalue weighted by Crippen LogP contribution is 1.99.